The number of hydrogen-bond acceptors (Lipinski definition) is 4. The molecule has 1 heterocycles. The number of hydrogen-bond donors (Lipinski definition) is 0. The first kappa shape index (κ1) is 18.2. The standard InChI is InChI=1S/C16H12BrF3N4O2/c1-23-15(25)24(22-21-23)13-7-4-6-12(17)10(13)9-26-14-8-3-2-5-11(14)16(18,19)20/h2-8H,9H2,1H3. The number of nitrogens with zero attached hydrogens (tertiary/aromatic N) is 4. The molecule has 0 saturated heterocycles. The zero-order valence-electron chi connectivity index (χ0n) is 13.4. The van der Waals surface area contributed by atoms with Gasteiger partial charge in [-0.25, -0.2) is 4.79 Å². The summed E-state index contributed by atoms with van der Waals surface area (Å²) in [6, 6.07) is 9.91. The van der Waals surface area contributed by atoms with Crippen molar-refractivity contribution < 1.29 is 17.9 Å². The minimum atomic E-state index is -4.53. The zero-order chi connectivity index (χ0) is 18.9. The van der Waals surface area contributed by atoms with E-state index < -0.39 is 17.4 Å². The molecule has 26 heavy (non-hydrogen) atoms. The van der Waals surface area contributed by atoms with E-state index in [-0.39, 0.29) is 12.4 Å². The lowest BCUT2D eigenvalue weighted by Gasteiger charge is -2.15. The van der Waals surface area contributed by atoms with Crippen LogP contribution in [0.3, 0.4) is 0 Å². The summed E-state index contributed by atoms with van der Waals surface area (Å²) in [4.78, 5) is 12.1. The van der Waals surface area contributed by atoms with Gasteiger partial charge in [0, 0.05) is 17.1 Å². The Hall–Kier alpha value is -2.62. The Balaban J connectivity index is 1.98. The number of para-hydroxylation sites is 1. The average molecular weight is 429 g/mol. The molecule has 0 atom stereocenters. The normalized spacial score (nSPS) is 11.6. The maximum Gasteiger partial charge on any atom is 0.419 e. The maximum atomic E-state index is 13.1. The van der Waals surface area contributed by atoms with Crippen molar-refractivity contribution in [2.75, 3.05) is 0 Å². The van der Waals surface area contributed by atoms with E-state index in [1.165, 1.54) is 25.2 Å². The van der Waals surface area contributed by atoms with Crippen LogP contribution in [0.15, 0.2) is 51.7 Å². The van der Waals surface area contributed by atoms with Gasteiger partial charge in [-0.05, 0) is 34.7 Å². The minimum Gasteiger partial charge on any atom is -0.488 e. The smallest absolute Gasteiger partial charge is 0.419 e. The first-order chi connectivity index (χ1) is 12.3. The molecule has 6 nitrogen and oxygen atoms in total. The molecule has 0 fully saturated rings. The molecule has 0 aliphatic carbocycles. The average Bonchev–Trinajstić information content (AvgIpc) is 2.92. The predicted molar refractivity (Wildman–Crippen MR) is 90.1 cm³/mol. The summed E-state index contributed by atoms with van der Waals surface area (Å²) in [6.45, 7) is -0.202. The van der Waals surface area contributed by atoms with E-state index in [0.717, 1.165) is 15.4 Å². The van der Waals surface area contributed by atoms with Crippen molar-refractivity contribution in [2.24, 2.45) is 7.05 Å². The molecule has 0 N–H and O–H groups in total. The molecule has 0 aliphatic rings. The van der Waals surface area contributed by atoms with Crippen LogP contribution in [-0.4, -0.2) is 19.8 Å². The molecule has 0 bridgehead atoms. The molecule has 0 unspecified atom stereocenters. The fourth-order valence-corrected chi connectivity index (χ4v) is 2.80. The van der Waals surface area contributed by atoms with Crippen LogP contribution in [0.4, 0.5) is 13.2 Å². The van der Waals surface area contributed by atoms with Gasteiger partial charge in [0.05, 0.1) is 11.3 Å². The van der Waals surface area contributed by atoms with E-state index in [1.54, 1.807) is 18.2 Å². The van der Waals surface area contributed by atoms with Gasteiger partial charge in [0.1, 0.15) is 12.4 Å². The summed E-state index contributed by atoms with van der Waals surface area (Å²) >= 11 is 3.33. The van der Waals surface area contributed by atoms with Crippen molar-refractivity contribution >= 4 is 15.9 Å². The fourth-order valence-electron chi connectivity index (χ4n) is 2.33. The van der Waals surface area contributed by atoms with Gasteiger partial charge < -0.3 is 4.74 Å². The van der Waals surface area contributed by atoms with Crippen molar-refractivity contribution in [3.63, 3.8) is 0 Å². The number of rotatable bonds is 4. The van der Waals surface area contributed by atoms with Crippen LogP contribution >= 0.6 is 15.9 Å². The van der Waals surface area contributed by atoms with Crippen LogP contribution in [0.2, 0.25) is 0 Å². The molecule has 0 radical (unpaired) electrons. The lowest BCUT2D eigenvalue weighted by Crippen LogP contribution is -2.23. The van der Waals surface area contributed by atoms with Gasteiger partial charge >= 0.3 is 11.9 Å². The molecule has 2 aromatic carbocycles. The summed E-state index contributed by atoms with van der Waals surface area (Å²) in [7, 11) is 1.44. The topological polar surface area (TPSA) is 61.9 Å². The number of aromatic nitrogens is 4. The van der Waals surface area contributed by atoms with Gasteiger partial charge in [0.25, 0.3) is 0 Å². The molecule has 0 spiro atoms. The Bertz CT molecular complexity index is 998. The lowest BCUT2D eigenvalue weighted by atomic mass is 10.1. The lowest BCUT2D eigenvalue weighted by molar-refractivity contribution is -0.139. The van der Waals surface area contributed by atoms with Gasteiger partial charge in [-0.1, -0.05) is 34.1 Å². The number of halogens is 4. The Morgan fingerprint density at radius 3 is 2.50 bits per heavy atom. The first-order valence-electron chi connectivity index (χ1n) is 7.35. The Morgan fingerprint density at radius 1 is 1.12 bits per heavy atom. The van der Waals surface area contributed by atoms with E-state index in [4.69, 9.17) is 4.74 Å². The molecule has 136 valence electrons. The number of tetrazole rings is 1. The van der Waals surface area contributed by atoms with Gasteiger partial charge in [-0.2, -0.15) is 22.5 Å². The second-order valence-electron chi connectivity index (χ2n) is 5.32. The highest BCUT2D eigenvalue weighted by atomic mass is 79.9. The van der Waals surface area contributed by atoms with Crippen molar-refractivity contribution in [1.29, 1.82) is 0 Å². The van der Waals surface area contributed by atoms with Crippen LogP contribution in [0.25, 0.3) is 5.69 Å². The van der Waals surface area contributed by atoms with E-state index in [9.17, 15) is 18.0 Å². The number of ether oxygens (including phenoxy) is 1. The van der Waals surface area contributed by atoms with Crippen LogP contribution < -0.4 is 10.4 Å². The highest BCUT2D eigenvalue weighted by Crippen LogP contribution is 2.36. The summed E-state index contributed by atoms with van der Waals surface area (Å²) in [5.41, 5.74) is -0.528. The van der Waals surface area contributed by atoms with Crippen LogP contribution in [0.1, 0.15) is 11.1 Å². The molecular formula is C16H12BrF3N4O2. The van der Waals surface area contributed by atoms with Crippen molar-refractivity contribution in [1.82, 2.24) is 19.8 Å². The monoisotopic (exact) mass is 428 g/mol. The third-order valence-electron chi connectivity index (χ3n) is 3.61. The molecule has 1 aromatic heterocycles. The fraction of sp³-hybridized carbons (Fsp3) is 0.188. The number of alkyl halides is 3. The molecule has 10 heteroatoms. The van der Waals surface area contributed by atoms with Crippen LogP contribution in [0, 0.1) is 0 Å². The summed E-state index contributed by atoms with van der Waals surface area (Å²) < 4.78 is 47.4. The quantitative estimate of drug-likeness (QED) is 0.639. The van der Waals surface area contributed by atoms with Gasteiger partial charge in [-0.3, -0.25) is 0 Å². The molecule has 3 aromatic rings. The molecule has 3 rings (SSSR count). The summed E-state index contributed by atoms with van der Waals surface area (Å²) in [5, 5.41) is 7.40. The zero-order valence-corrected chi connectivity index (χ0v) is 15.0. The maximum absolute atomic E-state index is 13.1. The van der Waals surface area contributed by atoms with Gasteiger partial charge in [0.2, 0.25) is 0 Å². The highest BCUT2D eigenvalue weighted by Gasteiger charge is 2.34. The number of benzene rings is 2. The highest BCUT2D eigenvalue weighted by molar-refractivity contribution is 9.10. The van der Waals surface area contributed by atoms with Crippen molar-refractivity contribution in [2.45, 2.75) is 12.8 Å². The van der Waals surface area contributed by atoms with Crippen LogP contribution in [0.5, 0.6) is 5.75 Å². The van der Waals surface area contributed by atoms with Crippen LogP contribution in [-0.2, 0) is 19.8 Å². The second-order valence-corrected chi connectivity index (χ2v) is 6.17. The second kappa shape index (κ2) is 6.94. The van der Waals surface area contributed by atoms with Crippen molar-refractivity contribution in [3.8, 4) is 11.4 Å². The van der Waals surface area contributed by atoms with E-state index in [2.05, 4.69) is 26.4 Å². The van der Waals surface area contributed by atoms with Gasteiger partial charge in [0.15, 0.2) is 0 Å². The Labute approximate surface area is 153 Å². The Morgan fingerprint density at radius 2 is 1.85 bits per heavy atom. The molecule has 0 aliphatic heterocycles. The third-order valence-corrected chi connectivity index (χ3v) is 4.35. The molecular weight excluding hydrogens is 417 g/mol. The number of aryl methyl sites for hydroxylation is 1. The third kappa shape index (κ3) is 3.50. The molecule has 0 saturated carbocycles. The van der Waals surface area contributed by atoms with E-state index in [0.29, 0.717) is 15.7 Å². The predicted octanol–water partition coefficient (Wildman–Crippen LogP) is 3.33. The Kier molecular flexibility index (Phi) is 4.86. The summed E-state index contributed by atoms with van der Waals surface area (Å²) in [6.07, 6.45) is -4.53. The molecule has 0 amide bonds. The first-order valence-corrected chi connectivity index (χ1v) is 8.14. The van der Waals surface area contributed by atoms with Crippen molar-refractivity contribution in [3.05, 3.63) is 68.5 Å². The van der Waals surface area contributed by atoms with E-state index in [1.807, 2.05) is 0 Å². The summed E-state index contributed by atoms with van der Waals surface area (Å²) in [5.74, 6) is -0.298. The van der Waals surface area contributed by atoms with E-state index >= 15 is 0 Å². The largest absolute Gasteiger partial charge is 0.488 e. The SMILES string of the molecule is Cn1nnn(-c2cccc(Br)c2COc2ccccc2C(F)(F)F)c1=O. The minimum absolute atomic E-state index is 0.202. The van der Waals surface area contributed by atoms with Gasteiger partial charge in [-0.15, -0.1) is 0 Å².